The molecule has 140 valence electrons. The Hall–Kier alpha value is -3.15. The van der Waals surface area contributed by atoms with Crippen LogP contribution in [0.1, 0.15) is 37.0 Å². The Morgan fingerprint density at radius 3 is 2.15 bits per heavy atom. The smallest absolute Gasteiger partial charge is 0.325 e. The number of nitrogens with one attached hydrogen (secondary N) is 1. The minimum absolute atomic E-state index is 0.102. The van der Waals surface area contributed by atoms with Crippen molar-refractivity contribution in [3.63, 3.8) is 0 Å². The van der Waals surface area contributed by atoms with Crippen molar-refractivity contribution >= 4 is 28.4 Å². The molecular weight excluding hydrogens is 342 g/mol. The summed E-state index contributed by atoms with van der Waals surface area (Å²) in [6, 6.07) is 14.5. The molecule has 0 aliphatic heterocycles. The third-order valence-corrected chi connectivity index (χ3v) is 4.52. The van der Waals surface area contributed by atoms with Crippen molar-refractivity contribution in [1.29, 1.82) is 0 Å². The van der Waals surface area contributed by atoms with Gasteiger partial charge in [-0.25, -0.2) is 4.79 Å². The van der Waals surface area contributed by atoms with E-state index in [-0.39, 0.29) is 30.3 Å². The molecule has 3 aromatic rings. The molecule has 6 heteroatoms. The molecule has 1 aromatic heterocycles. The maximum atomic E-state index is 12.7. The van der Waals surface area contributed by atoms with Gasteiger partial charge in [-0.15, -0.1) is 0 Å². The molecule has 1 N–H and O–H groups in total. The Morgan fingerprint density at radius 2 is 1.52 bits per heavy atom. The van der Waals surface area contributed by atoms with Crippen LogP contribution in [0, 0.1) is 0 Å². The first kappa shape index (κ1) is 18.6. The SMILES string of the molecule is CCCn1c(=O)n(CCC(=O)Nc2ccccc2C(C)=O)c2ccccc21. The molecule has 0 aliphatic carbocycles. The van der Waals surface area contributed by atoms with Crippen molar-refractivity contribution in [2.45, 2.75) is 39.8 Å². The minimum atomic E-state index is -0.233. The van der Waals surface area contributed by atoms with Crippen LogP contribution in [0.25, 0.3) is 11.0 Å². The number of carbonyl (C=O) groups is 2. The van der Waals surface area contributed by atoms with E-state index >= 15 is 0 Å². The Labute approximate surface area is 157 Å². The molecule has 0 saturated carbocycles. The third kappa shape index (κ3) is 3.84. The molecule has 3 rings (SSSR count). The minimum Gasteiger partial charge on any atom is -0.325 e. The zero-order chi connectivity index (χ0) is 19.4. The van der Waals surface area contributed by atoms with Crippen LogP contribution in [-0.2, 0) is 17.9 Å². The number of nitrogens with zero attached hydrogens (tertiary/aromatic N) is 2. The number of Topliss-reactive ketones (excluding diaryl/α,β-unsaturated/α-hetero) is 1. The average Bonchev–Trinajstić information content (AvgIpc) is 2.92. The summed E-state index contributed by atoms with van der Waals surface area (Å²) in [5, 5.41) is 2.78. The Kier molecular flexibility index (Phi) is 5.54. The van der Waals surface area contributed by atoms with Crippen molar-refractivity contribution < 1.29 is 9.59 Å². The number of rotatable bonds is 7. The number of aryl methyl sites for hydroxylation is 2. The van der Waals surface area contributed by atoms with Gasteiger partial charge in [0.15, 0.2) is 5.78 Å². The standard InChI is InChI=1S/C21H23N3O3/c1-3-13-23-18-10-6-7-11-19(18)24(21(23)27)14-12-20(26)22-17-9-5-4-8-16(17)15(2)25/h4-11H,3,12-14H2,1-2H3,(H,22,26). The average molecular weight is 365 g/mol. The number of imidazole rings is 1. The van der Waals surface area contributed by atoms with Crippen LogP contribution in [0.3, 0.4) is 0 Å². The molecule has 0 atom stereocenters. The van der Waals surface area contributed by atoms with Gasteiger partial charge in [-0.05, 0) is 37.6 Å². The predicted octanol–water partition coefficient (Wildman–Crippen LogP) is 3.44. The molecule has 2 aromatic carbocycles. The topological polar surface area (TPSA) is 73.1 Å². The lowest BCUT2D eigenvalue weighted by molar-refractivity contribution is -0.116. The number of hydrogen-bond acceptors (Lipinski definition) is 3. The number of aromatic nitrogens is 2. The molecule has 1 heterocycles. The van der Waals surface area contributed by atoms with Crippen molar-refractivity contribution in [2.75, 3.05) is 5.32 Å². The summed E-state index contributed by atoms with van der Waals surface area (Å²) in [5.41, 5.74) is 2.58. The lowest BCUT2D eigenvalue weighted by Gasteiger charge is -2.09. The van der Waals surface area contributed by atoms with E-state index in [0.717, 1.165) is 17.5 Å². The highest BCUT2D eigenvalue weighted by Crippen LogP contribution is 2.17. The number of benzene rings is 2. The molecule has 0 fully saturated rings. The fourth-order valence-electron chi connectivity index (χ4n) is 3.25. The molecule has 1 amide bonds. The van der Waals surface area contributed by atoms with E-state index < -0.39 is 0 Å². The van der Waals surface area contributed by atoms with Crippen LogP contribution in [0.15, 0.2) is 53.3 Å². The van der Waals surface area contributed by atoms with Gasteiger partial charge in [0.2, 0.25) is 5.91 Å². The second-order valence-electron chi connectivity index (χ2n) is 6.47. The van der Waals surface area contributed by atoms with Gasteiger partial charge < -0.3 is 5.32 Å². The molecule has 0 bridgehead atoms. The molecule has 27 heavy (non-hydrogen) atoms. The zero-order valence-corrected chi connectivity index (χ0v) is 15.6. The maximum absolute atomic E-state index is 12.7. The molecular formula is C21H23N3O3. The van der Waals surface area contributed by atoms with Gasteiger partial charge in [0.1, 0.15) is 0 Å². The monoisotopic (exact) mass is 365 g/mol. The summed E-state index contributed by atoms with van der Waals surface area (Å²) in [5.74, 6) is -0.340. The molecule has 0 spiro atoms. The summed E-state index contributed by atoms with van der Waals surface area (Å²) >= 11 is 0. The zero-order valence-electron chi connectivity index (χ0n) is 15.6. The van der Waals surface area contributed by atoms with E-state index in [1.54, 1.807) is 33.4 Å². The number of para-hydroxylation sites is 3. The van der Waals surface area contributed by atoms with E-state index in [1.807, 2.05) is 31.2 Å². The molecule has 6 nitrogen and oxygen atoms in total. The van der Waals surface area contributed by atoms with Crippen LogP contribution in [0.4, 0.5) is 5.69 Å². The van der Waals surface area contributed by atoms with Gasteiger partial charge in [-0.2, -0.15) is 0 Å². The highest BCUT2D eigenvalue weighted by atomic mass is 16.2. The van der Waals surface area contributed by atoms with E-state index in [1.165, 1.54) is 6.92 Å². The first-order chi connectivity index (χ1) is 13.0. The number of anilines is 1. The van der Waals surface area contributed by atoms with E-state index in [2.05, 4.69) is 5.32 Å². The normalized spacial score (nSPS) is 10.9. The van der Waals surface area contributed by atoms with E-state index in [4.69, 9.17) is 0 Å². The number of carbonyl (C=O) groups excluding carboxylic acids is 2. The summed E-state index contributed by atoms with van der Waals surface area (Å²) < 4.78 is 3.39. The lowest BCUT2D eigenvalue weighted by Crippen LogP contribution is -2.26. The van der Waals surface area contributed by atoms with Crippen LogP contribution in [0.5, 0.6) is 0 Å². The van der Waals surface area contributed by atoms with E-state index in [0.29, 0.717) is 17.8 Å². The van der Waals surface area contributed by atoms with Crippen molar-refractivity contribution in [2.24, 2.45) is 0 Å². The summed E-state index contributed by atoms with van der Waals surface area (Å²) in [6.45, 7) is 4.42. The van der Waals surface area contributed by atoms with Crippen LogP contribution in [0.2, 0.25) is 0 Å². The van der Waals surface area contributed by atoms with Crippen LogP contribution >= 0.6 is 0 Å². The number of hydrogen-bond donors (Lipinski definition) is 1. The first-order valence-electron chi connectivity index (χ1n) is 9.10. The number of fused-ring (bicyclic) bond motifs is 1. The first-order valence-corrected chi connectivity index (χ1v) is 9.10. The summed E-state index contributed by atoms with van der Waals surface area (Å²) in [4.78, 5) is 36.8. The lowest BCUT2D eigenvalue weighted by atomic mass is 10.1. The molecule has 0 radical (unpaired) electrons. The Morgan fingerprint density at radius 1 is 0.926 bits per heavy atom. The van der Waals surface area contributed by atoms with Gasteiger partial charge in [-0.3, -0.25) is 18.7 Å². The Bertz CT molecular complexity index is 1050. The van der Waals surface area contributed by atoms with Crippen LogP contribution < -0.4 is 11.0 Å². The van der Waals surface area contributed by atoms with Gasteiger partial charge >= 0.3 is 5.69 Å². The molecule has 0 unspecified atom stereocenters. The Balaban J connectivity index is 1.80. The van der Waals surface area contributed by atoms with Crippen LogP contribution in [-0.4, -0.2) is 20.8 Å². The largest absolute Gasteiger partial charge is 0.329 e. The van der Waals surface area contributed by atoms with Crippen molar-refractivity contribution in [1.82, 2.24) is 9.13 Å². The van der Waals surface area contributed by atoms with Gasteiger partial charge in [0.05, 0.1) is 16.7 Å². The van der Waals surface area contributed by atoms with Crippen molar-refractivity contribution in [3.05, 3.63) is 64.6 Å². The highest BCUT2D eigenvalue weighted by Gasteiger charge is 2.14. The second-order valence-corrected chi connectivity index (χ2v) is 6.47. The van der Waals surface area contributed by atoms with Gasteiger partial charge in [0.25, 0.3) is 0 Å². The van der Waals surface area contributed by atoms with Crippen molar-refractivity contribution in [3.8, 4) is 0 Å². The number of amides is 1. The maximum Gasteiger partial charge on any atom is 0.329 e. The molecule has 0 aliphatic rings. The third-order valence-electron chi connectivity index (χ3n) is 4.52. The molecule has 0 saturated heterocycles. The second kappa shape index (κ2) is 8.03. The predicted molar refractivity (Wildman–Crippen MR) is 106 cm³/mol. The summed E-state index contributed by atoms with van der Waals surface area (Å²) in [6.07, 6.45) is 1.00. The fourth-order valence-corrected chi connectivity index (χ4v) is 3.25. The highest BCUT2D eigenvalue weighted by molar-refractivity contribution is 6.03. The van der Waals surface area contributed by atoms with Gasteiger partial charge in [0, 0.05) is 25.1 Å². The van der Waals surface area contributed by atoms with Gasteiger partial charge in [-0.1, -0.05) is 31.2 Å². The quantitative estimate of drug-likeness (QED) is 0.652. The number of ketones is 1. The summed E-state index contributed by atoms with van der Waals surface area (Å²) in [7, 11) is 0. The van der Waals surface area contributed by atoms with E-state index in [9.17, 15) is 14.4 Å². The fraction of sp³-hybridized carbons (Fsp3) is 0.286.